The van der Waals surface area contributed by atoms with E-state index in [-0.39, 0.29) is 0 Å². The normalized spacial score (nSPS) is 12.6. The Labute approximate surface area is 92.8 Å². The molecule has 1 nitrogen and oxygen atoms in total. The van der Waals surface area contributed by atoms with Crippen molar-refractivity contribution in [2.75, 3.05) is 19.6 Å². The molecule has 0 rings (SSSR count). The van der Waals surface area contributed by atoms with Gasteiger partial charge in [0.2, 0.25) is 0 Å². The molecule has 0 amide bonds. The number of nitrogens with zero attached hydrogens (tertiary/aromatic N) is 1. The van der Waals surface area contributed by atoms with Gasteiger partial charge in [-0.3, -0.25) is 0 Å². The topological polar surface area (TPSA) is 3.24 Å². The van der Waals surface area contributed by atoms with E-state index >= 15 is 0 Å². The van der Waals surface area contributed by atoms with E-state index in [1.54, 1.807) is 0 Å². The molecule has 13 heavy (non-hydrogen) atoms. The molecule has 0 aromatic heterocycles. The van der Waals surface area contributed by atoms with Crippen molar-refractivity contribution in [1.82, 2.24) is 4.90 Å². The summed E-state index contributed by atoms with van der Waals surface area (Å²) in [4.78, 5) is 2.54. The molecule has 0 N–H and O–H groups in total. The van der Waals surface area contributed by atoms with E-state index in [1.165, 1.54) is 31.5 Å². The summed E-state index contributed by atoms with van der Waals surface area (Å²) in [6.45, 7) is 10.4. The molecule has 0 aliphatic rings. The van der Waals surface area contributed by atoms with Gasteiger partial charge in [0.15, 0.2) is 0 Å². The van der Waals surface area contributed by atoms with Gasteiger partial charge in [-0.05, 0) is 0 Å². The first-order valence-electron chi connectivity index (χ1n) is 5.62. The van der Waals surface area contributed by atoms with Gasteiger partial charge in [-0.2, -0.15) is 0 Å². The van der Waals surface area contributed by atoms with Crippen LogP contribution in [0.5, 0.6) is 0 Å². The second kappa shape index (κ2) is 8.88. The molecule has 0 radical (unpaired) electrons. The molecule has 0 aliphatic heterocycles. The van der Waals surface area contributed by atoms with Crippen molar-refractivity contribution >= 4 is 17.7 Å². The van der Waals surface area contributed by atoms with Gasteiger partial charge in [0.05, 0.1) is 0 Å². The summed E-state index contributed by atoms with van der Waals surface area (Å²) in [5.41, 5.74) is 1.52. The fraction of sp³-hybridized carbons (Fsp3) is 0.818. The van der Waals surface area contributed by atoms with Gasteiger partial charge in [-0.1, -0.05) is 0 Å². The third-order valence-electron chi connectivity index (χ3n) is 2.11. The van der Waals surface area contributed by atoms with Gasteiger partial charge in [0, 0.05) is 0 Å². The molecule has 0 aromatic rings. The Balaban J connectivity index is 3.85. The van der Waals surface area contributed by atoms with Crippen molar-refractivity contribution in [3.63, 3.8) is 0 Å². The fourth-order valence-electron chi connectivity index (χ4n) is 1.67. The Hall–Kier alpha value is 0.297. The predicted octanol–water partition coefficient (Wildman–Crippen LogP) is 2.64. The summed E-state index contributed by atoms with van der Waals surface area (Å²) in [6, 6.07) is 0. The van der Waals surface area contributed by atoms with Crippen LogP contribution in [-0.4, -0.2) is 42.2 Å². The van der Waals surface area contributed by atoms with Crippen LogP contribution in [0.25, 0.3) is 0 Å². The van der Waals surface area contributed by atoms with Crippen LogP contribution in [0.4, 0.5) is 0 Å². The van der Waals surface area contributed by atoms with Crippen LogP contribution in [0.2, 0.25) is 5.09 Å². The van der Waals surface area contributed by atoms with E-state index in [9.17, 15) is 0 Å². The zero-order valence-corrected chi connectivity index (χ0v) is 9.77. The van der Waals surface area contributed by atoms with E-state index in [1.807, 2.05) is 0 Å². The monoisotopic (exact) mass is 175 g/mol. The molecular formula is C11H22LiN. The number of rotatable bonds is 7. The molecule has 0 fully saturated rings. The molecular weight excluding hydrogens is 153 g/mol. The maximum atomic E-state index is 2.54. The number of hydrogen-bond acceptors (Lipinski definition) is 1. The SMILES string of the molecule is [Li][CH2]C=C(C)CN(CCC)CCC. The van der Waals surface area contributed by atoms with Crippen LogP contribution < -0.4 is 0 Å². The van der Waals surface area contributed by atoms with Crippen LogP contribution in [0.15, 0.2) is 11.6 Å². The molecule has 0 bridgehead atoms. The summed E-state index contributed by atoms with van der Waals surface area (Å²) in [5.74, 6) is 0. The second-order valence-corrected chi connectivity index (χ2v) is 3.73. The standard InChI is InChI=1S/C11H22N.Li/c1-5-8-12(9-6-2)10-11(4)7-3;/h7H,3,5-6,8-10H2,1-2,4H3;. The average molecular weight is 175 g/mol. The number of hydrogen-bond donors (Lipinski definition) is 0. The molecule has 0 saturated carbocycles. The summed E-state index contributed by atoms with van der Waals surface area (Å²) >= 11 is 2.20. The Bertz CT molecular complexity index is 137. The third-order valence-corrected chi connectivity index (χ3v) is 2.11. The molecule has 0 spiro atoms. The van der Waals surface area contributed by atoms with Crippen LogP contribution in [0.1, 0.15) is 33.6 Å². The zero-order chi connectivity index (χ0) is 10.1. The van der Waals surface area contributed by atoms with Gasteiger partial charge < -0.3 is 0 Å². The van der Waals surface area contributed by atoms with Gasteiger partial charge in [0.1, 0.15) is 0 Å². The Morgan fingerprint density at radius 3 is 2.15 bits per heavy atom. The van der Waals surface area contributed by atoms with E-state index in [0.717, 1.165) is 11.6 Å². The average Bonchev–Trinajstić information content (AvgIpc) is 2.05. The predicted molar refractivity (Wildman–Crippen MR) is 61.3 cm³/mol. The van der Waals surface area contributed by atoms with E-state index < -0.39 is 0 Å². The molecule has 2 heteroatoms. The third kappa shape index (κ3) is 7.37. The van der Waals surface area contributed by atoms with E-state index in [4.69, 9.17) is 0 Å². The fourth-order valence-corrected chi connectivity index (χ4v) is 1.67. The van der Waals surface area contributed by atoms with Gasteiger partial charge in [-0.15, -0.1) is 0 Å². The Morgan fingerprint density at radius 2 is 1.77 bits per heavy atom. The van der Waals surface area contributed by atoms with Crippen molar-refractivity contribution < 1.29 is 0 Å². The summed E-state index contributed by atoms with van der Waals surface area (Å²) in [7, 11) is 0. The van der Waals surface area contributed by atoms with Crippen molar-refractivity contribution in [3.05, 3.63) is 11.6 Å². The van der Waals surface area contributed by atoms with E-state index in [0.29, 0.717) is 0 Å². The molecule has 0 atom stereocenters. The van der Waals surface area contributed by atoms with Crippen LogP contribution in [0, 0.1) is 0 Å². The van der Waals surface area contributed by atoms with Crippen molar-refractivity contribution in [3.8, 4) is 0 Å². The van der Waals surface area contributed by atoms with E-state index in [2.05, 4.69) is 49.5 Å². The summed E-state index contributed by atoms with van der Waals surface area (Å²) in [6.07, 6.45) is 4.86. The minimum atomic E-state index is 1.16. The van der Waals surface area contributed by atoms with Gasteiger partial charge in [-0.25, -0.2) is 0 Å². The molecule has 0 heterocycles. The molecule has 0 aromatic carbocycles. The molecule has 0 aliphatic carbocycles. The van der Waals surface area contributed by atoms with Crippen LogP contribution in [0.3, 0.4) is 0 Å². The maximum absolute atomic E-state index is 2.54. The second-order valence-electron chi connectivity index (χ2n) is 3.73. The Morgan fingerprint density at radius 1 is 1.23 bits per heavy atom. The Kier molecular flexibility index (Phi) is 9.08. The summed E-state index contributed by atoms with van der Waals surface area (Å²) in [5, 5.41) is 1.16. The first-order valence-corrected chi connectivity index (χ1v) is 5.62. The van der Waals surface area contributed by atoms with Gasteiger partial charge >= 0.3 is 92.6 Å². The first kappa shape index (κ1) is 13.3. The van der Waals surface area contributed by atoms with Crippen LogP contribution >= 0.6 is 0 Å². The van der Waals surface area contributed by atoms with Crippen molar-refractivity contribution in [1.29, 1.82) is 0 Å². The first-order chi connectivity index (χ1) is 6.24. The minimum absolute atomic E-state index is 1.16. The molecule has 72 valence electrons. The number of allylic oxidation sites excluding steroid dienone is 1. The molecule has 0 saturated heterocycles. The van der Waals surface area contributed by atoms with Gasteiger partial charge in [0.25, 0.3) is 0 Å². The van der Waals surface area contributed by atoms with Crippen molar-refractivity contribution in [2.45, 2.75) is 38.7 Å². The quantitative estimate of drug-likeness (QED) is 0.424. The molecule has 0 unspecified atom stereocenters. The van der Waals surface area contributed by atoms with Crippen molar-refractivity contribution in [2.24, 2.45) is 0 Å². The van der Waals surface area contributed by atoms with Crippen LogP contribution in [-0.2, 0) is 0 Å². The zero-order valence-electron chi connectivity index (χ0n) is 9.77. The summed E-state index contributed by atoms with van der Waals surface area (Å²) < 4.78 is 0.